The fourth-order valence-electron chi connectivity index (χ4n) is 2.91. The topological polar surface area (TPSA) is 36.9 Å². The van der Waals surface area contributed by atoms with Crippen LogP contribution >= 0.6 is 0 Å². The lowest BCUT2D eigenvalue weighted by Crippen LogP contribution is -2.44. The molecule has 0 N–H and O–H groups in total. The third kappa shape index (κ3) is 3.23. The molecule has 1 saturated carbocycles. The summed E-state index contributed by atoms with van der Waals surface area (Å²) in [7, 11) is 0. The highest BCUT2D eigenvalue weighted by atomic mass is 16.7. The van der Waals surface area contributed by atoms with Crippen LogP contribution in [0.3, 0.4) is 0 Å². The molecule has 0 atom stereocenters. The average Bonchev–Trinajstić information content (AvgIpc) is 2.86. The SMILES string of the molecule is CCOCC1(COCC)CCC2(CC1)OCCO2. The summed E-state index contributed by atoms with van der Waals surface area (Å²) in [5.74, 6) is -0.290. The summed E-state index contributed by atoms with van der Waals surface area (Å²) in [5, 5.41) is 0. The van der Waals surface area contributed by atoms with Crippen LogP contribution in [-0.2, 0) is 18.9 Å². The van der Waals surface area contributed by atoms with Crippen molar-refractivity contribution in [3.8, 4) is 0 Å². The van der Waals surface area contributed by atoms with E-state index in [-0.39, 0.29) is 11.2 Å². The predicted molar refractivity (Wildman–Crippen MR) is 68.5 cm³/mol. The molecule has 18 heavy (non-hydrogen) atoms. The van der Waals surface area contributed by atoms with E-state index < -0.39 is 0 Å². The molecule has 0 aromatic carbocycles. The predicted octanol–water partition coefficient (Wildman–Crippen LogP) is 2.36. The van der Waals surface area contributed by atoms with Crippen molar-refractivity contribution in [1.29, 1.82) is 0 Å². The third-order valence-corrected chi connectivity index (χ3v) is 4.11. The van der Waals surface area contributed by atoms with Crippen LogP contribution in [0.1, 0.15) is 39.5 Å². The van der Waals surface area contributed by atoms with E-state index >= 15 is 0 Å². The molecule has 1 aliphatic carbocycles. The van der Waals surface area contributed by atoms with Crippen molar-refractivity contribution in [3.63, 3.8) is 0 Å². The summed E-state index contributed by atoms with van der Waals surface area (Å²) in [5.41, 5.74) is 0.159. The van der Waals surface area contributed by atoms with Gasteiger partial charge in [0.25, 0.3) is 0 Å². The van der Waals surface area contributed by atoms with Crippen molar-refractivity contribution in [1.82, 2.24) is 0 Å². The molecule has 0 aromatic heterocycles. The first-order valence-corrected chi connectivity index (χ1v) is 7.18. The monoisotopic (exact) mass is 258 g/mol. The third-order valence-electron chi connectivity index (χ3n) is 4.11. The molecule has 1 spiro atoms. The van der Waals surface area contributed by atoms with Crippen LogP contribution in [0.15, 0.2) is 0 Å². The van der Waals surface area contributed by atoms with Crippen molar-refractivity contribution < 1.29 is 18.9 Å². The first-order valence-electron chi connectivity index (χ1n) is 7.18. The lowest BCUT2D eigenvalue weighted by atomic mass is 9.73. The van der Waals surface area contributed by atoms with Crippen molar-refractivity contribution in [3.05, 3.63) is 0 Å². The van der Waals surface area contributed by atoms with Crippen molar-refractivity contribution in [2.75, 3.05) is 39.6 Å². The Labute approximate surface area is 110 Å². The van der Waals surface area contributed by atoms with Gasteiger partial charge in [-0.3, -0.25) is 0 Å². The second-order valence-electron chi connectivity index (χ2n) is 5.38. The molecule has 4 heteroatoms. The maximum absolute atomic E-state index is 5.78. The van der Waals surface area contributed by atoms with E-state index in [1.807, 2.05) is 13.8 Å². The van der Waals surface area contributed by atoms with Gasteiger partial charge in [0.15, 0.2) is 5.79 Å². The number of hydrogen-bond acceptors (Lipinski definition) is 4. The second kappa shape index (κ2) is 6.33. The van der Waals surface area contributed by atoms with Crippen molar-refractivity contribution >= 4 is 0 Å². The van der Waals surface area contributed by atoms with Crippen molar-refractivity contribution in [2.45, 2.75) is 45.3 Å². The molecule has 0 radical (unpaired) electrons. The molecule has 2 aliphatic rings. The smallest absolute Gasteiger partial charge is 0.168 e. The lowest BCUT2D eigenvalue weighted by Gasteiger charge is -2.43. The minimum Gasteiger partial charge on any atom is -0.381 e. The minimum atomic E-state index is -0.290. The van der Waals surface area contributed by atoms with Crippen LogP contribution in [0, 0.1) is 5.41 Å². The zero-order valence-electron chi connectivity index (χ0n) is 11.7. The molecule has 1 saturated heterocycles. The van der Waals surface area contributed by atoms with Gasteiger partial charge in [0.05, 0.1) is 26.4 Å². The Bertz CT molecular complexity index is 228. The Morgan fingerprint density at radius 1 is 0.833 bits per heavy atom. The normalized spacial score (nSPS) is 25.7. The van der Waals surface area contributed by atoms with Crippen LogP contribution in [0.5, 0.6) is 0 Å². The van der Waals surface area contributed by atoms with Gasteiger partial charge in [-0.05, 0) is 26.7 Å². The lowest BCUT2D eigenvalue weighted by molar-refractivity contribution is -0.201. The molecule has 1 heterocycles. The van der Waals surface area contributed by atoms with E-state index in [9.17, 15) is 0 Å². The molecule has 0 unspecified atom stereocenters. The maximum atomic E-state index is 5.78. The van der Waals surface area contributed by atoms with E-state index in [1.54, 1.807) is 0 Å². The summed E-state index contributed by atoms with van der Waals surface area (Å²) in [6, 6.07) is 0. The first kappa shape index (κ1) is 14.3. The Morgan fingerprint density at radius 3 is 1.78 bits per heavy atom. The van der Waals surface area contributed by atoms with Crippen LogP contribution in [0.25, 0.3) is 0 Å². The molecule has 1 aliphatic heterocycles. The van der Waals surface area contributed by atoms with Gasteiger partial charge in [-0.2, -0.15) is 0 Å². The Morgan fingerprint density at radius 2 is 1.33 bits per heavy atom. The van der Waals surface area contributed by atoms with E-state index in [4.69, 9.17) is 18.9 Å². The van der Waals surface area contributed by atoms with Gasteiger partial charge < -0.3 is 18.9 Å². The molecule has 0 amide bonds. The molecular formula is C14H26O4. The largest absolute Gasteiger partial charge is 0.381 e. The standard InChI is InChI=1S/C14H26O4/c1-3-15-11-13(12-16-4-2)5-7-14(8-6-13)17-9-10-18-14/h3-12H2,1-2H3. The van der Waals surface area contributed by atoms with E-state index in [0.717, 1.165) is 65.3 Å². The highest BCUT2D eigenvalue weighted by Gasteiger charge is 2.46. The van der Waals surface area contributed by atoms with Crippen LogP contribution in [0.4, 0.5) is 0 Å². The highest BCUT2D eigenvalue weighted by molar-refractivity contribution is 4.91. The van der Waals surface area contributed by atoms with Gasteiger partial charge in [0.2, 0.25) is 0 Å². The van der Waals surface area contributed by atoms with Crippen LogP contribution < -0.4 is 0 Å². The van der Waals surface area contributed by atoms with Gasteiger partial charge in [-0.25, -0.2) is 0 Å². The fraction of sp³-hybridized carbons (Fsp3) is 1.00. The summed E-state index contributed by atoms with van der Waals surface area (Å²) in [6.07, 6.45) is 4.06. The van der Waals surface area contributed by atoms with Crippen molar-refractivity contribution in [2.24, 2.45) is 5.41 Å². The molecule has 2 rings (SSSR count). The molecule has 2 fully saturated rings. The molecule has 106 valence electrons. The Balaban J connectivity index is 1.90. The average molecular weight is 258 g/mol. The van der Waals surface area contributed by atoms with Gasteiger partial charge in [0.1, 0.15) is 0 Å². The first-order chi connectivity index (χ1) is 8.74. The Hall–Kier alpha value is -0.160. The summed E-state index contributed by atoms with van der Waals surface area (Å²) < 4.78 is 22.9. The van der Waals surface area contributed by atoms with E-state index in [0.29, 0.717) is 0 Å². The quantitative estimate of drug-likeness (QED) is 0.733. The van der Waals surface area contributed by atoms with E-state index in [1.165, 1.54) is 0 Å². The number of ether oxygens (including phenoxy) is 4. The zero-order valence-corrected chi connectivity index (χ0v) is 11.7. The van der Waals surface area contributed by atoms with Gasteiger partial charge in [-0.15, -0.1) is 0 Å². The Kier molecular flexibility index (Phi) is 5.01. The molecule has 4 nitrogen and oxygen atoms in total. The van der Waals surface area contributed by atoms with Crippen LogP contribution in [-0.4, -0.2) is 45.4 Å². The number of rotatable bonds is 6. The fourth-order valence-corrected chi connectivity index (χ4v) is 2.91. The summed E-state index contributed by atoms with van der Waals surface area (Å²) in [4.78, 5) is 0. The minimum absolute atomic E-state index is 0.159. The van der Waals surface area contributed by atoms with Gasteiger partial charge >= 0.3 is 0 Å². The number of hydrogen-bond donors (Lipinski definition) is 0. The maximum Gasteiger partial charge on any atom is 0.168 e. The molecule has 0 aromatic rings. The summed E-state index contributed by atoms with van der Waals surface area (Å²) >= 11 is 0. The highest BCUT2D eigenvalue weighted by Crippen LogP contribution is 2.45. The molecular weight excluding hydrogens is 232 g/mol. The van der Waals surface area contributed by atoms with E-state index in [2.05, 4.69) is 0 Å². The van der Waals surface area contributed by atoms with Crippen LogP contribution in [0.2, 0.25) is 0 Å². The molecule has 0 bridgehead atoms. The van der Waals surface area contributed by atoms with Gasteiger partial charge in [-0.1, -0.05) is 0 Å². The second-order valence-corrected chi connectivity index (χ2v) is 5.38. The zero-order chi connectivity index (χ0) is 12.9. The summed E-state index contributed by atoms with van der Waals surface area (Å²) in [6.45, 7) is 8.69. The van der Waals surface area contributed by atoms with Gasteiger partial charge in [0, 0.05) is 31.5 Å².